The Bertz CT molecular complexity index is 232. The number of thioether (sulfide) groups is 1. The number of aliphatic hydroxyl groups excluding tert-OH is 1. The van der Waals surface area contributed by atoms with E-state index >= 15 is 0 Å². The van der Waals surface area contributed by atoms with Gasteiger partial charge in [-0.05, 0) is 6.42 Å². The smallest absolute Gasteiger partial charge is 0.321 e. The van der Waals surface area contributed by atoms with Crippen LogP contribution in [-0.4, -0.2) is 52.4 Å². The first-order valence-corrected chi connectivity index (χ1v) is 6.03. The summed E-state index contributed by atoms with van der Waals surface area (Å²) < 4.78 is 4.89. The zero-order chi connectivity index (χ0) is 12.6. The van der Waals surface area contributed by atoms with Gasteiger partial charge in [-0.3, -0.25) is 9.59 Å². The van der Waals surface area contributed by atoms with Crippen LogP contribution < -0.4 is 5.73 Å². The first-order valence-electron chi connectivity index (χ1n) is 4.87. The molecule has 0 aliphatic carbocycles. The van der Waals surface area contributed by atoms with Gasteiger partial charge in [0.15, 0.2) is 0 Å². The maximum Gasteiger partial charge on any atom is 0.321 e. The maximum absolute atomic E-state index is 11.2. The maximum atomic E-state index is 11.2. The number of ether oxygens (including phenoxy) is 1. The fourth-order valence-electron chi connectivity index (χ4n) is 0.810. The van der Waals surface area contributed by atoms with Crippen molar-refractivity contribution >= 4 is 23.7 Å². The van der Waals surface area contributed by atoms with Crippen LogP contribution in [0.1, 0.15) is 13.3 Å². The topological polar surface area (TPSA) is 110 Å². The van der Waals surface area contributed by atoms with Crippen LogP contribution in [-0.2, 0) is 14.3 Å². The zero-order valence-corrected chi connectivity index (χ0v) is 9.90. The van der Waals surface area contributed by atoms with Gasteiger partial charge in [0, 0.05) is 5.75 Å². The van der Waals surface area contributed by atoms with Gasteiger partial charge >= 0.3 is 11.9 Å². The summed E-state index contributed by atoms with van der Waals surface area (Å²) in [5.74, 6) is -1.37. The standard InChI is InChI=1S/C9H17NO5S/c1-2-6(3-11)15-8(12)5-16-4-7(10)9(13)14/h6-7,11H,2-5,10H2,1H3,(H,13,14)/t6?,7-/m0/s1. The van der Waals surface area contributed by atoms with Crippen LogP contribution in [0.25, 0.3) is 0 Å². The molecule has 94 valence electrons. The predicted molar refractivity (Wildman–Crippen MR) is 60.2 cm³/mol. The van der Waals surface area contributed by atoms with Crippen LogP contribution in [0.5, 0.6) is 0 Å². The van der Waals surface area contributed by atoms with E-state index in [9.17, 15) is 9.59 Å². The number of carboxylic acids is 1. The highest BCUT2D eigenvalue weighted by atomic mass is 32.2. The van der Waals surface area contributed by atoms with Gasteiger partial charge in [0.1, 0.15) is 12.1 Å². The Hall–Kier alpha value is -0.790. The number of hydrogen-bond donors (Lipinski definition) is 3. The molecule has 0 aromatic rings. The van der Waals surface area contributed by atoms with Crippen LogP contribution in [0.2, 0.25) is 0 Å². The third-order valence-electron chi connectivity index (χ3n) is 1.79. The van der Waals surface area contributed by atoms with E-state index in [1.54, 1.807) is 6.92 Å². The minimum atomic E-state index is -1.09. The van der Waals surface area contributed by atoms with Crippen molar-refractivity contribution in [1.82, 2.24) is 0 Å². The predicted octanol–water partition coefficient (Wildman–Crippen LogP) is -0.554. The lowest BCUT2D eigenvalue weighted by Crippen LogP contribution is -2.33. The molecular weight excluding hydrogens is 234 g/mol. The zero-order valence-electron chi connectivity index (χ0n) is 9.09. The number of aliphatic hydroxyl groups is 1. The summed E-state index contributed by atoms with van der Waals surface area (Å²) in [6.45, 7) is 1.59. The third-order valence-corrected chi connectivity index (χ3v) is 2.83. The van der Waals surface area contributed by atoms with Crippen LogP contribution in [0, 0.1) is 0 Å². The molecule has 6 nitrogen and oxygen atoms in total. The molecule has 0 amide bonds. The Morgan fingerprint density at radius 1 is 1.50 bits per heavy atom. The van der Waals surface area contributed by atoms with Crippen molar-refractivity contribution in [3.63, 3.8) is 0 Å². The molecule has 0 rings (SSSR count). The number of carbonyl (C=O) groups excluding carboxylic acids is 1. The second-order valence-corrected chi connectivity index (χ2v) is 4.19. The molecule has 1 unspecified atom stereocenters. The first kappa shape index (κ1) is 15.2. The molecule has 0 fully saturated rings. The highest BCUT2D eigenvalue weighted by Crippen LogP contribution is 2.05. The lowest BCUT2D eigenvalue weighted by molar-refractivity contribution is -0.148. The fourth-order valence-corrected chi connectivity index (χ4v) is 1.56. The number of hydrogen-bond acceptors (Lipinski definition) is 6. The van der Waals surface area contributed by atoms with Crippen molar-refractivity contribution in [2.45, 2.75) is 25.5 Å². The van der Waals surface area contributed by atoms with Crippen molar-refractivity contribution in [2.24, 2.45) is 5.73 Å². The van der Waals surface area contributed by atoms with E-state index in [0.29, 0.717) is 6.42 Å². The Morgan fingerprint density at radius 2 is 2.12 bits per heavy atom. The largest absolute Gasteiger partial charge is 0.480 e. The molecule has 0 aromatic heterocycles. The Labute approximate surface area is 98.1 Å². The minimum Gasteiger partial charge on any atom is -0.480 e. The normalized spacial score (nSPS) is 14.2. The van der Waals surface area contributed by atoms with Crippen molar-refractivity contribution in [3.05, 3.63) is 0 Å². The molecule has 4 N–H and O–H groups in total. The molecule has 7 heteroatoms. The van der Waals surface area contributed by atoms with Gasteiger partial charge < -0.3 is 20.7 Å². The Balaban J connectivity index is 3.69. The van der Waals surface area contributed by atoms with Crippen molar-refractivity contribution < 1.29 is 24.5 Å². The van der Waals surface area contributed by atoms with Crippen LogP contribution in [0.15, 0.2) is 0 Å². The first-order chi connectivity index (χ1) is 7.51. The van der Waals surface area contributed by atoms with Gasteiger partial charge in [0.25, 0.3) is 0 Å². The quantitative estimate of drug-likeness (QED) is 0.496. The summed E-state index contributed by atoms with van der Waals surface area (Å²) in [4.78, 5) is 21.5. The van der Waals surface area contributed by atoms with Crippen LogP contribution in [0.4, 0.5) is 0 Å². The molecule has 0 aliphatic heterocycles. The van der Waals surface area contributed by atoms with E-state index < -0.39 is 24.1 Å². The van der Waals surface area contributed by atoms with Gasteiger partial charge in [-0.2, -0.15) is 0 Å². The Morgan fingerprint density at radius 3 is 2.56 bits per heavy atom. The number of rotatable bonds is 8. The number of carbonyl (C=O) groups is 2. The molecule has 0 aliphatic rings. The summed E-state index contributed by atoms with van der Waals surface area (Å²) in [6, 6.07) is -0.974. The van der Waals surface area contributed by atoms with Crippen molar-refractivity contribution in [3.8, 4) is 0 Å². The molecule has 0 heterocycles. The second-order valence-electron chi connectivity index (χ2n) is 3.16. The number of carboxylic acid groups (broad SMARTS) is 1. The van der Waals surface area contributed by atoms with E-state index in [1.165, 1.54) is 0 Å². The van der Waals surface area contributed by atoms with Crippen LogP contribution >= 0.6 is 11.8 Å². The minimum absolute atomic E-state index is 0.0392. The molecule has 0 spiro atoms. The number of aliphatic carboxylic acids is 1. The van der Waals surface area contributed by atoms with Crippen LogP contribution in [0.3, 0.4) is 0 Å². The molecule has 0 saturated heterocycles. The lowest BCUT2D eigenvalue weighted by Gasteiger charge is -2.13. The average molecular weight is 251 g/mol. The van der Waals surface area contributed by atoms with E-state index in [1.807, 2.05) is 0 Å². The van der Waals surface area contributed by atoms with Gasteiger partial charge in [-0.15, -0.1) is 11.8 Å². The molecule has 0 saturated carbocycles. The van der Waals surface area contributed by atoms with Crippen molar-refractivity contribution in [2.75, 3.05) is 18.1 Å². The SMILES string of the molecule is CCC(CO)OC(=O)CSC[C@H](N)C(=O)O. The van der Waals surface area contributed by atoms with E-state index in [-0.39, 0.29) is 18.1 Å². The highest BCUT2D eigenvalue weighted by molar-refractivity contribution is 8.00. The summed E-state index contributed by atoms with van der Waals surface area (Å²) in [7, 11) is 0. The number of nitrogens with two attached hydrogens (primary N) is 1. The Kier molecular flexibility index (Phi) is 7.96. The molecular formula is C9H17NO5S. The molecule has 0 bridgehead atoms. The van der Waals surface area contributed by atoms with Gasteiger partial charge in [-0.1, -0.05) is 6.92 Å². The third kappa shape index (κ3) is 6.65. The fraction of sp³-hybridized carbons (Fsp3) is 0.778. The summed E-state index contributed by atoms with van der Waals surface area (Å²) in [6.07, 6.45) is 0.0582. The molecule has 0 aromatic carbocycles. The monoisotopic (exact) mass is 251 g/mol. The highest BCUT2D eigenvalue weighted by Gasteiger charge is 2.14. The van der Waals surface area contributed by atoms with Crippen molar-refractivity contribution in [1.29, 1.82) is 0 Å². The average Bonchev–Trinajstić information content (AvgIpc) is 2.25. The second kappa shape index (κ2) is 8.37. The van der Waals surface area contributed by atoms with Gasteiger partial charge in [0.05, 0.1) is 12.4 Å². The summed E-state index contributed by atoms with van der Waals surface area (Å²) in [5, 5.41) is 17.3. The lowest BCUT2D eigenvalue weighted by atomic mass is 10.3. The van der Waals surface area contributed by atoms with E-state index in [2.05, 4.69) is 0 Å². The molecule has 0 radical (unpaired) electrons. The van der Waals surface area contributed by atoms with E-state index in [4.69, 9.17) is 20.7 Å². The molecule has 2 atom stereocenters. The van der Waals surface area contributed by atoms with Gasteiger partial charge in [0.2, 0.25) is 0 Å². The summed E-state index contributed by atoms with van der Waals surface area (Å²) >= 11 is 1.10. The number of esters is 1. The van der Waals surface area contributed by atoms with E-state index in [0.717, 1.165) is 11.8 Å². The molecule has 16 heavy (non-hydrogen) atoms. The summed E-state index contributed by atoms with van der Waals surface area (Å²) in [5.41, 5.74) is 5.24. The van der Waals surface area contributed by atoms with Gasteiger partial charge in [-0.25, -0.2) is 0 Å².